The maximum absolute atomic E-state index is 5.01. The number of rotatable bonds is 3. The van der Waals surface area contributed by atoms with Gasteiger partial charge in [0.2, 0.25) is 0 Å². The zero-order valence-electron chi connectivity index (χ0n) is 13.6. The molecule has 0 spiro atoms. The SMILES string of the molecule is CCNC1CCCCc2nc(C3CCCC(C)C3)ncc21. The van der Waals surface area contributed by atoms with Crippen LogP contribution in [0.15, 0.2) is 6.20 Å². The highest BCUT2D eigenvalue weighted by molar-refractivity contribution is 5.24. The summed E-state index contributed by atoms with van der Waals surface area (Å²) >= 11 is 0. The Kier molecular flexibility index (Phi) is 4.89. The maximum atomic E-state index is 5.01. The Bertz CT molecular complexity index is 472. The summed E-state index contributed by atoms with van der Waals surface area (Å²) < 4.78 is 0. The van der Waals surface area contributed by atoms with E-state index in [-0.39, 0.29) is 0 Å². The zero-order chi connectivity index (χ0) is 14.7. The number of nitrogens with zero attached hydrogens (tertiary/aromatic N) is 2. The second-order valence-corrected chi connectivity index (χ2v) is 6.95. The summed E-state index contributed by atoms with van der Waals surface area (Å²) in [6.07, 6.45) is 12.3. The van der Waals surface area contributed by atoms with E-state index in [0.29, 0.717) is 12.0 Å². The molecule has 0 aliphatic heterocycles. The molecule has 0 amide bonds. The van der Waals surface area contributed by atoms with Crippen molar-refractivity contribution in [2.45, 2.75) is 77.2 Å². The topological polar surface area (TPSA) is 37.8 Å². The van der Waals surface area contributed by atoms with Crippen LogP contribution in [0.2, 0.25) is 0 Å². The average molecular weight is 287 g/mol. The van der Waals surface area contributed by atoms with E-state index in [9.17, 15) is 0 Å². The molecule has 3 unspecified atom stereocenters. The Morgan fingerprint density at radius 3 is 2.90 bits per heavy atom. The van der Waals surface area contributed by atoms with E-state index >= 15 is 0 Å². The van der Waals surface area contributed by atoms with Crippen LogP contribution >= 0.6 is 0 Å². The first-order chi connectivity index (χ1) is 10.3. The van der Waals surface area contributed by atoms with Crippen LogP contribution in [0.3, 0.4) is 0 Å². The van der Waals surface area contributed by atoms with E-state index in [0.717, 1.165) is 24.7 Å². The fourth-order valence-electron chi connectivity index (χ4n) is 4.05. The van der Waals surface area contributed by atoms with Gasteiger partial charge < -0.3 is 5.32 Å². The number of fused-ring (bicyclic) bond motifs is 1. The van der Waals surface area contributed by atoms with E-state index in [1.54, 1.807) is 0 Å². The molecule has 1 N–H and O–H groups in total. The van der Waals surface area contributed by atoms with Crippen LogP contribution < -0.4 is 5.32 Å². The molecular formula is C18H29N3. The summed E-state index contributed by atoms with van der Waals surface area (Å²) in [6, 6.07) is 0.465. The minimum absolute atomic E-state index is 0.465. The van der Waals surface area contributed by atoms with Gasteiger partial charge in [0.05, 0.1) is 0 Å². The standard InChI is InChI=1S/C18H29N3/c1-3-19-16-9-4-5-10-17-15(16)12-20-18(21-17)14-8-6-7-13(2)11-14/h12-14,16,19H,3-11H2,1-2H3. The average Bonchev–Trinajstić information content (AvgIpc) is 2.70. The lowest BCUT2D eigenvalue weighted by Gasteiger charge is -2.26. The van der Waals surface area contributed by atoms with Gasteiger partial charge in [0, 0.05) is 29.4 Å². The van der Waals surface area contributed by atoms with Gasteiger partial charge in [0.15, 0.2) is 0 Å². The molecule has 2 aliphatic rings. The number of nitrogens with one attached hydrogen (secondary N) is 1. The third-order valence-electron chi connectivity index (χ3n) is 5.20. The van der Waals surface area contributed by atoms with Crippen molar-refractivity contribution in [3.05, 3.63) is 23.3 Å². The predicted molar refractivity (Wildman–Crippen MR) is 86.4 cm³/mol. The molecule has 2 aliphatic carbocycles. The van der Waals surface area contributed by atoms with Gasteiger partial charge >= 0.3 is 0 Å². The van der Waals surface area contributed by atoms with Crippen molar-refractivity contribution in [3.8, 4) is 0 Å². The van der Waals surface area contributed by atoms with Crippen molar-refractivity contribution in [1.29, 1.82) is 0 Å². The van der Waals surface area contributed by atoms with Crippen LogP contribution in [0.25, 0.3) is 0 Å². The summed E-state index contributed by atoms with van der Waals surface area (Å²) in [5.74, 6) is 2.55. The van der Waals surface area contributed by atoms with Crippen molar-refractivity contribution in [2.75, 3.05) is 6.54 Å². The Morgan fingerprint density at radius 2 is 2.10 bits per heavy atom. The molecule has 0 saturated heterocycles. The third kappa shape index (κ3) is 3.45. The van der Waals surface area contributed by atoms with Gasteiger partial charge in [-0.1, -0.05) is 33.1 Å². The molecular weight excluding hydrogens is 258 g/mol. The maximum Gasteiger partial charge on any atom is 0.131 e. The second-order valence-electron chi connectivity index (χ2n) is 6.95. The molecule has 1 aromatic rings. The monoisotopic (exact) mass is 287 g/mol. The first-order valence-electron chi connectivity index (χ1n) is 8.87. The largest absolute Gasteiger partial charge is 0.310 e. The summed E-state index contributed by atoms with van der Waals surface area (Å²) in [6.45, 7) is 5.58. The Balaban J connectivity index is 1.84. The van der Waals surface area contributed by atoms with E-state index in [1.807, 2.05) is 0 Å². The number of hydrogen-bond donors (Lipinski definition) is 1. The minimum Gasteiger partial charge on any atom is -0.310 e. The molecule has 3 nitrogen and oxygen atoms in total. The quantitative estimate of drug-likeness (QED) is 0.849. The normalized spacial score (nSPS) is 29.7. The van der Waals surface area contributed by atoms with Gasteiger partial charge in [-0.3, -0.25) is 0 Å². The lowest BCUT2D eigenvalue weighted by molar-refractivity contribution is 0.334. The molecule has 21 heavy (non-hydrogen) atoms. The Hall–Kier alpha value is -0.960. The molecule has 0 aromatic carbocycles. The van der Waals surface area contributed by atoms with E-state index < -0.39 is 0 Å². The highest BCUT2D eigenvalue weighted by atomic mass is 14.9. The van der Waals surface area contributed by atoms with E-state index in [1.165, 1.54) is 56.2 Å². The van der Waals surface area contributed by atoms with Crippen LogP contribution in [0.5, 0.6) is 0 Å². The molecule has 1 saturated carbocycles. The molecule has 1 fully saturated rings. The van der Waals surface area contributed by atoms with Gasteiger partial charge in [0.25, 0.3) is 0 Å². The van der Waals surface area contributed by atoms with Crippen molar-refractivity contribution in [2.24, 2.45) is 5.92 Å². The Labute approximate surface area is 129 Å². The van der Waals surface area contributed by atoms with Gasteiger partial charge in [-0.2, -0.15) is 0 Å². The van der Waals surface area contributed by atoms with Crippen LogP contribution in [0, 0.1) is 5.92 Å². The van der Waals surface area contributed by atoms with Crippen LogP contribution in [0.1, 0.15) is 87.8 Å². The summed E-state index contributed by atoms with van der Waals surface area (Å²) in [4.78, 5) is 9.79. The van der Waals surface area contributed by atoms with Crippen molar-refractivity contribution >= 4 is 0 Å². The first kappa shape index (κ1) is 15.0. The third-order valence-corrected chi connectivity index (χ3v) is 5.20. The highest BCUT2D eigenvalue weighted by Gasteiger charge is 2.25. The molecule has 1 aromatic heterocycles. The summed E-state index contributed by atoms with van der Waals surface area (Å²) in [5, 5.41) is 3.61. The highest BCUT2D eigenvalue weighted by Crippen LogP contribution is 2.35. The van der Waals surface area contributed by atoms with Gasteiger partial charge in [-0.05, 0) is 44.6 Å². The fourth-order valence-corrected chi connectivity index (χ4v) is 4.05. The van der Waals surface area contributed by atoms with Gasteiger partial charge in [0.1, 0.15) is 5.82 Å². The second kappa shape index (κ2) is 6.87. The minimum atomic E-state index is 0.465. The lowest BCUT2D eigenvalue weighted by Crippen LogP contribution is -2.22. The molecule has 3 rings (SSSR count). The summed E-state index contributed by atoms with van der Waals surface area (Å²) in [5.41, 5.74) is 2.68. The number of hydrogen-bond acceptors (Lipinski definition) is 3. The van der Waals surface area contributed by atoms with Crippen LogP contribution in [-0.4, -0.2) is 16.5 Å². The molecule has 1 heterocycles. The fraction of sp³-hybridized carbons (Fsp3) is 0.778. The van der Waals surface area contributed by atoms with Crippen LogP contribution in [0.4, 0.5) is 0 Å². The lowest BCUT2D eigenvalue weighted by atomic mass is 9.82. The van der Waals surface area contributed by atoms with Gasteiger partial charge in [-0.25, -0.2) is 9.97 Å². The van der Waals surface area contributed by atoms with Gasteiger partial charge in [-0.15, -0.1) is 0 Å². The number of aryl methyl sites for hydroxylation is 1. The van der Waals surface area contributed by atoms with Crippen LogP contribution in [-0.2, 0) is 6.42 Å². The molecule has 3 atom stereocenters. The number of aromatic nitrogens is 2. The van der Waals surface area contributed by atoms with Crippen molar-refractivity contribution < 1.29 is 0 Å². The smallest absolute Gasteiger partial charge is 0.131 e. The first-order valence-corrected chi connectivity index (χ1v) is 8.87. The summed E-state index contributed by atoms with van der Waals surface area (Å²) in [7, 11) is 0. The Morgan fingerprint density at radius 1 is 1.19 bits per heavy atom. The van der Waals surface area contributed by atoms with Crippen molar-refractivity contribution in [1.82, 2.24) is 15.3 Å². The van der Waals surface area contributed by atoms with E-state index in [2.05, 4.69) is 25.4 Å². The molecule has 3 heteroatoms. The zero-order valence-corrected chi connectivity index (χ0v) is 13.6. The molecule has 0 bridgehead atoms. The van der Waals surface area contributed by atoms with E-state index in [4.69, 9.17) is 9.97 Å². The molecule has 116 valence electrons. The predicted octanol–water partition coefficient (Wildman–Crippen LogP) is 4.15. The molecule has 0 radical (unpaired) electrons. The van der Waals surface area contributed by atoms with Crippen molar-refractivity contribution in [3.63, 3.8) is 0 Å².